The largest absolute Gasteiger partial charge is 0.477 e. The maximum Gasteiger partial charge on any atom is 0.345 e. The van der Waals surface area contributed by atoms with Crippen molar-refractivity contribution >= 4 is 94.7 Å². The van der Waals surface area contributed by atoms with Gasteiger partial charge >= 0.3 is 11.9 Å². The van der Waals surface area contributed by atoms with Crippen LogP contribution in [0.4, 0.5) is 0 Å². The van der Waals surface area contributed by atoms with Crippen LogP contribution >= 0.6 is 82.8 Å². The summed E-state index contributed by atoms with van der Waals surface area (Å²) in [5, 5.41) is 18.5. The van der Waals surface area contributed by atoms with Crippen molar-refractivity contribution < 1.29 is 19.8 Å². The van der Waals surface area contributed by atoms with E-state index >= 15 is 0 Å². The first-order chi connectivity index (χ1) is 9.41. The maximum absolute atomic E-state index is 10.3. The van der Waals surface area contributed by atoms with Gasteiger partial charge in [-0.3, -0.25) is 0 Å². The lowest BCUT2D eigenvalue weighted by Gasteiger charge is -1.79. The van der Waals surface area contributed by atoms with Crippen molar-refractivity contribution in [3.8, 4) is 0 Å². The summed E-state index contributed by atoms with van der Waals surface area (Å²) in [5.41, 5.74) is 0. The first-order valence-electron chi connectivity index (χ1n) is 4.51. The van der Waals surface area contributed by atoms with E-state index in [9.17, 15) is 9.59 Å². The van der Waals surface area contributed by atoms with Gasteiger partial charge in [-0.05, 0) is 49.4 Å². The second kappa shape index (κ2) is 10.9. The van der Waals surface area contributed by atoms with E-state index in [4.69, 9.17) is 10.2 Å². The normalized spacial score (nSPS) is 8.80. The Bertz CT molecular complexity index is 534. The second-order valence-electron chi connectivity index (χ2n) is 2.82. The molecule has 0 saturated carbocycles. The van der Waals surface area contributed by atoms with E-state index in [-0.39, 0.29) is 0 Å². The molecule has 0 bridgehead atoms. The highest BCUT2D eigenvalue weighted by molar-refractivity contribution is 9.93. The highest BCUT2D eigenvalue weighted by atomic mass is 80.9. The van der Waals surface area contributed by atoms with E-state index in [1.54, 1.807) is 23.6 Å². The molecular formula is C10H6Br4O4S2. The lowest BCUT2D eigenvalue weighted by molar-refractivity contribution is 0.0691. The van der Waals surface area contributed by atoms with Crippen LogP contribution in [0.25, 0.3) is 0 Å². The van der Waals surface area contributed by atoms with Crippen LogP contribution in [0.3, 0.4) is 0 Å². The molecule has 0 radical (unpaired) electrons. The molecular weight excluding hydrogens is 568 g/mol. The van der Waals surface area contributed by atoms with Crippen molar-refractivity contribution in [2.45, 2.75) is 0 Å². The van der Waals surface area contributed by atoms with Gasteiger partial charge in [-0.25, -0.2) is 9.59 Å². The second-order valence-corrected chi connectivity index (χ2v) is 6.99. The van der Waals surface area contributed by atoms with Crippen LogP contribution in [-0.4, -0.2) is 22.2 Å². The topological polar surface area (TPSA) is 74.6 Å². The van der Waals surface area contributed by atoms with E-state index in [1.807, 2.05) is 0 Å². The Morgan fingerprint density at radius 3 is 1.80 bits per heavy atom. The maximum atomic E-state index is 10.3. The fourth-order valence-corrected chi connectivity index (χ4v) is 3.29. The molecule has 2 aromatic rings. The predicted octanol–water partition coefficient (Wildman–Crippen LogP) is 6.11. The lowest BCUT2D eigenvalue weighted by atomic mass is 10.5. The highest BCUT2D eigenvalue weighted by Gasteiger charge is 2.09. The molecule has 2 heterocycles. The quantitative estimate of drug-likeness (QED) is 0.455. The standard InChI is InChI=1S/C5H2Br2O2S.C5H4O2S.Br2/c6-2-1-3(5(8)9)10-4(2)7;6-5(7)4-2-1-3-8-4;1-2/h1H,(H,8,9);1-3H,(H,6,7);. The zero-order chi connectivity index (χ0) is 15.7. The molecule has 0 amide bonds. The summed E-state index contributed by atoms with van der Waals surface area (Å²) in [7, 11) is 0. The van der Waals surface area contributed by atoms with Gasteiger partial charge in [-0.15, -0.1) is 22.7 Å². The molecule has 2 rings (SSSR count). The van der Waals surface area contributed by atoms with Gasteiger partial charge in [0, 0.05) is 32.7 Å². The molecule has 4 nitrogen and oxygen atoms in total. The molecule has 2 N–H and O–H groups in total. The number of hydrogen-bond donors (Lipinski definition) is 2. The van der Waals surface area contributed by atoms with Crippen molar-refractivity contribution in [3.05, 3.63) is 41.6 Å². The van der Waals surface area contributed by atoms with Crippen LogP contribution in [0.5, 0.6) is 0 Å². The molecule has 0 unspecified atom stereocenters. The minimum atomic E-state index is -0.892. The van der Waals surface area contributed by atoms with E-state index in [1.165, 1.54) is 22.7 Å². The van der Waals surface area contributed by atoms with Crippen LogP contribution in [0, 0.1) is 0 Å². The Morgan fingerprint density at radius 1 is 1.05 bits per heavy atom. The number of rotatable bonds is 2. The summed E-state index contributed by atoms with van der Waals surface area (Å²) in [4.78, 5) is 21.1. The summed E-state index contributed by atoms with van der Waals surface area (Å²) in [6.07, 6.45) is 0. The number of hydrogen-bond acceptors (Lipinski definition) is 4. The number of halogens is 4. The van der Waals surface area contributed by atoms with Crippen LogP contribution in [0.15, 0.2) is 31.8 Å². The van der Waals surface area contributed by atoms with Crippen molar-refractivity contribution in [3.63, 3.8) is 0 Å². The molecule has 0 spiro atoms. The molecule has 20 heavy (non-hydrogen) atoms. The summed E-state index contributed by atoms with van der Waals surface area (Å²) in [6, 6.07) is 4.86. The molecule has 0 aliphatic rings. The van der Waals surface area contributed by atoms with Gasteiger partial charge < -0.3 is 10.2 Å². The minimum Gasteiger partial charge on any atom is -0.477 e. The summed E-state index contributed by atoms with van der Waals surface area (Å²) >= 11 is 14.3. The molecule has 0 aliphatic carbocycles. The average Bonchev–Trinajstić information content (AvgIpc) is 3.04. The Labute approximate surface area is 154 Å². The Kier molecular flexibility index (Phi) is 11.1. The first kappa shape index (κ1) is 20.3. The third-order valence-electron chi connectivity index (χ3n) is 1.59. The number of carboxylic acids is 2. The summed E-state index contributed by atoms with van der Waals surface area (Å²) in [5.74, 6) is -1.74. The molecule has 0 fully saturated rings. The summed E-state index contributed by atoms with van der Waals surface area (Å²) < 4.78 is 1.60. The van der Waals surface area contributed by atoms with Crippen molar-refractivity contribution in [1.82, 2.24) is 0 Å². The zero-order valence-electron chi connectivity index (χ0n) is 9.35. The molecule has 0 aromatic carbocycles. The molecule has 2 aromatic heterocycles. The molecule has 10 heteroatoms. The van der Waals surface area contributed by atoms with Gasteiger partial charge in [0.05, 0.1) is 3.79 Å². The van der Waals surface area contributed by atoms with Crippen LogP contribution in [0.2, 0.25) is 0 Å². The van der Waals surface area contributed by atoms with E-state index in [2.05, 4.69) is 60.1 Å². The SMILES string of the molecule is BrBr.O=C(O)c1cc(Br)c(Br)s1.O=C(O)c1cccs1. The number of thiophene rings is 2. The predicted molar refractivity (Wildman–Crippen MR) is 95.8 cm³/mol. The van der Waals surface area contributed by atoms with Crippen LogP contribution < -0.4 is 0 Å². The Hall–Kier alpha value is 0.260. The fraction of sp³-hybridized carbons (Fsp3) is 0. The van der Waals surface area contributed by atoms with Gasteiger partial charge in [0.1, 0.15) is 9.75 Å². The van der Waals surface area contributed by atoms with E-state index in [0.717, 1.165) is 8.26 Å². The fourth-order valence-electron chi connectivity index (χ4n) is 0.852. The van der Waals surface area contributed by atoms with Crippen LogP contribution in [-0.2, 0) is 0 Å². The zero-order valence-corrected chi connectivity index (χ0v) is 17.3. The van der Waals surface area contributed by atoms with Gasteiger partial charge in [0.25, 0.3) is 0 Å². The molecule has 110 valence electrons. The van der Waals surface area contributed by atoms with Crippen molar-refractivity contribution in [2.75, 3.05) is 0 Å². The third-order valence-corrected chi connectivity index (χ3v) is 5.69. The molecule has 0 saturated heterocycles. The number of aromatic carboxylic acids is 2. The van der Waals surface area contributed by atoms with E-state index in [0.29, 0.717) is 9.75 Å². The average molecular weight is 574 g/mol. The van der Waals surface area contributed by atoms with Gasteiger partial charge in [0.15, 0.2) is 0 Å². The number of carbonyl (C=O) groups is 2. The number of carboxylic acid groups (broad SMARTS) is 2. The smallest absolute Gasteiger partial charge is 0.345 e. The van der Waals surface area contributed by atoms with Crippen LogP contribution in [0.1, 0.15) is 19.3 Å². The molecule has 0 aliphatic heterocycles. The van der Waals surface area contributed by atoms with Gasteiger partial charge in [-0.1, -0.05) is 6.07 Å². The monoisotopic (exact) mass is 570 g/mol. The Morgan fingerprint density at radius 2 is 1.60 bits per heavy atom. The van der Waals surface area contributed by atoms with Crippen molar-refractivity contribution in [1.29, 1.82) is 0 Å². The van der Waals surface area contributed by atoms with E-state index < -0.39 is 11.9 Å². The summed E-state index contributed by atoms with van der Waals surface area (Å²) in [6.45, 7) is 0. The third kappa shape index (κ3) is 7.32. The van der Waals surface area contributed by atoms with Crippen molar-refractivity contribution in [2.24, 2.45) is 0 Å². The van der Waals surface area contributed by atoms with Gasteiger partial charge in [-0.2, -0.15) is 0 Å². The van der Waals surface area contributed by atoms with Gasteiger partial charge in [0.2, 0.25) is 0 Å². The molecule has 0 atom stereocenters. The Balaban J connectivity index is 0.000000327. The first-order valence-corrected chi connectivity index (χ1v) is 11.5. The minimum absolute atomic E-state index is 0.332. The highest BCUT2D eigenvalue weighted by Crippen LogP contribution is 2.32. The lowest BCUT2D eigenvalue weighted by Crippen LogP contribution is -1.89.